The lowest BCUT2D eigenvalue weighted by Gasteiger charge is -2.26. The Hall–Kier alpha value is -6.97. The predicted octanol–water partition coefficient (Wildman–Crippen LogP) is 13.9. The Morgan fingerprint density at radius 3 is 1.91 bits per heavy atom. The molecule has 54 heavy (non-hydrogen) atoms. The zero-order chi connectivity index (χ0) is 36.0. The number of rotatable bonds is 8. The molecule has 10 rings (SSSR count). The Bertz CT molecular complexity index is 2940. The van der Waals surface area contributed by atoms with Gasteiger partial charge in [-0.05, 0) is 117 Å². The minimum Gasteiger partial charge on any atom is -0.341 e. The molecule has 256 valence electrons. The van der Waals surface area contributed by atoms with Gasteiger partial charge in [0.1, 0.15) is 0 Å². The van der Waals surface area contributed by atoms with Gasteiger partial charge in [-0.3, -0.25) is 4.98 Å². The highest BCUT2D eigenvalue weighted by Gasteiger charge is 2.16. The van der Waals surface area contributed by atoms with Gasteiger partial charge in [0, 0.05) is 51.7 Å². The molecule has 10 aromatic rings. The fourth-order valence-electron chi connectivity index (χ4n) is 8.06. The number of hydrogen-bond acceptors (Lipinski definition) is 2. The van der Waals surface area contributed by atoms with Crippen molar-refractivity contribution < 1.29 is 0 Å². The molecule has 0 radical (unpaired) electrons. The largest absolute Gasteiger partial charge is 0.341 e. The van der Waals surface area contributed by atoms with Crippen molar-refractivity contribution in [1.29, 1.82) is 0 Å². The number of nitrogens with zero attached hydrogens (tertiary/aromatic N) is 3. The van der Waals surface area contributed by atoms with Crippen LogP contribution >= 0.6 is 0 Å². The van der Waals surface area contributed by atoms with Crippen LogP contribution in [0.2, 0.25) is 0 Å². The zero-order valence-corrected chi connectivity index (χ0v) is 30.0. The molecule has 0 amide bonds. The third-order valence-electron chi connectivity index (χ3n) is 10.8. The number of aryl methyl sites for hydroxylation is 1. The lowest BCUT2D eigenvalue weighted by molar-refractivity contribution is 0.827. The van der Waals surface area contributed by atoms with E-state index in [-0.39, 0.29) is 0 Å². The highest BCUT2D eigenvalue weighted by Crippen LogP contribution is 2.40. The highest BCUT2D eigenvalue weighted by atomic mass is 15.1. The SMILES string of the molecule is CCn1c2cccc3ccc4cc(-c5ccc(C=Cc6ccc(-c7ccc(N(c8ccccc8)c8ccc9ccccc9c8)cc7)cn6)cc5)cc1c4c32. The van der Waals surface area contributed by atoms with E-state index in [4.69, 9.17) is 4.98 Å². The van der Waals surface area contributed by atoms with Crippen molar-refractivity contribution in [1.82, 2.24) is 9.55 Å². The van der Waals surface area contributed by atoms with Crippen LogP contribution in [0.3, 0.4) is 0 Å². The fourth-order valence-corrected chi connectivity index (χ4v) is 8.06. The summed E-state index contributed by atoms with van der Waals surface area (Å²) in [5.41, 5.74) is 12.7. The van der Waals surface area contributed by atoms with E-state index in [1.807, 2.05) is 6.20 Å². The number of anilines is 3. The zero-order valence-electron chi connectivity index (χ0n) is 30.0. The van der Waals surface area contributed by atoms with Gasteiger partial charge in [-0.25, -0.2) is 0 Å². The molecule has 0 saturated heterocycles. The molecule has 0 aliphatic rings. The van der Waals surface area contributed by atoms with E-state index in [0.717, 1.165) is 46.0 Å². The van der Waals surface area contributed by atoms with Crippen LogP contribution in [0.15, 0.2) is 182 Å². The second-order valence-electron chi connectivity index (χ2n) is 14.0. The van der Waals surface area contributed by atoms with Gasteiger partial charge in [0.05, 0.1) is 11.2 Å². The fraction of sp³-hybridized carbons (Fsp3) is 0.0392. The number of hydrogen-bond donors (Lipinski definition) is 0. The normalized spacial score (nSPS) is 11.8. The summed E-state index contributed by atoms with van der Waals surface area (Å²) in [6.07, 6.45) is 6.19. The Kier molecular flexibility index (Phi) is 7.77. The molecule has 0 aliphatic carbocycles. The van der Waals surface area contributed by atoms with Crippen LogP contribution in [0, 0.1) is 0 Å². The number of aromatic nitrogens is 2. The van der Waals surface area contributed by atoms with E-state index in [0.29, 0.717) is 0 Å². The van der Waals surface area contributed by atoms with E-state index in [2.05, 4.69) is 204 Å². The van der Waals surface area contributed by atoms with Crippen molar-refractivity contribution in [3.8, 4) is 22.3 Å². The molecule has 3 nitrogen and oxygen atoms in total. The van der Waals surface area contributed by atoms with Crippen LogP contribution in [-0.2, 0) is 6.54 Å². The van der Waals surface area contributed by atoms with Crippen LogP contribution in [0.4, 0.5) is 17.1 Å². The van der Waals surface area contributed by atoms with Crippen molar-refractivity contribution in [2.75, 3.05) is 4.90 Å². The smallest absolute Gasteiger partial charge is 0.0630 e. The van der Waals surface area contributed by atoms with Gasteiger partial charge in [0.25, 0.3) is 0 Å². The van der Waals surface area contributed by atoms with Gasteiger partial charge in [-0.15, -0.1) is 0 Å². The maximum atomic E-state index is 4.80. The Morgan fingerprint density at radius 1 is 0.463 bits per heavy atom. The lowest BCUT2D eigenvalue weighted by Crippen LogP contribution is -2.09. The topological polar surface area (TPSA) is 21.1 Å². The van der Waals surface area contributed by atoms with Crippen LogP contribution in [0.1, 0.15) is 18.2 Å². The first-order chi connectivity index (χ1) is 26.7. The average molecular weight is 692 g/mol. The molecule has 0 bridgehead atoms. The van der Waals surface area contributed by atoms with Gasteiger partial charge >= 0.3 is 0 Å². The standard InChI is InChI=1S/C51H37N3/c1-2-53-48-14-8-11-39-20-21-41-31-43(33-49(53)51(41)50(39)48)38-18-15-35(16-19-38)17-26-44-27-22-42(34-52-44)37-23-28-46(29-24-37)54(45-12-4-3-5-13-45)47-30-25-36-9-6-7-10-40(36)32-47/h3-34H,2H2,1H3. The van der Waals surface area contributed by atoms with Gasteiger partial charge in [-0.2, -0.15) is 0 Å². The number of fused-ring (bicyclic) bond motifs is 1. The second-order valence-corrected chi connectivity index (χ2v) is 14.0. The molecule has 3 heteroatoms. The minimum absolute atomic E-state index is 0.925. The maximum absolute atomic E-state index is 4.80. The van der Waals surface area contributed by atoms with Crippen molar-refractivity contribution in [3.05, 3.63) is 193 Å². The minimum atomic E-state index is 0.925. The molecule has 0 unspecified atom stereocenters. The molecule has 0 aliphatic heterocycles. The first kappa shape index (κ1) is 31.7. The van der Waals surface area contributed by atoms with Crippen LogP contribution in [0.25, 0.3) is 77.8 Å². The summed E-state index contributed by atoms with van der Waals surface area (Å²) in [6.45, 7) is 3.18. The van der Waals surface area contributed by atoms with E-state index in [1.54, 1.807) is 0 Å². The summed E-state index contributed by atoms with van der Waals surface area (Å²) < 4.78 is 2.45. The Labute approximate surface area is 315 Å². The molecule has 0 fully saturated rings. The summed E-state index contributed by atoms with van der Waals surface area (Å²) in [6, 6.07) is 63.4. The van der Waals surface area contributed by atoms with Crippen molar-refractivity contribution in [2.45, 2.75) is 13.5 Å². The molecule has 2 aromatic heterocycles. The van der Waals surface area contributed by atoms with E-state index < -0.39 is 0 Å². The molecule has 8 aromatic carbocycles. The third kappa shape index (κ3) is 5.58. The third-order valence-corrected chi connectivity index (χ3v) is 10.8. The Morgan fingerprint density at radius 2 is 1.11 bits per heavy atom. The first-order valence-electron chi connectivity index (χ1n) is 18.7. The van der Waals surface area contributed by atoms with Crippen molar-refractivity contribution in [3.63, 3.8) is 0 Å². The number of para-hydroxylation sites is 1. The van der Waals surface area contributed by atoms with Gasteiger partial charge in [-0.1, -0.05) is 121 Å². The monoisotopic (exact) mass is 691 g/mol. The van der Waals surface area contributed by atoms with Crippen LogP contribution < -0.4 is 4.90 Å². The van der Waals surface area contributed by atoms with E-state index in [1.165, 1.54) is 54.5 Å². The molecule has 2 heterocycles. The molecular weight excluding hydrogens is 655 g/mol. The summed E-state index contributed by atoms with van der Waals surface area (Å²) in [5, 5.41) is 7.81. The second kappa shape index (κ2) is 13.2. The predicted molar refractivity (Wildman–Crippen MR) is 230 cm³/mol. The first-order valence-corrected chi connectivity index (χ1v) is 18.7. The summed E-state index contributed by atoms with van der Waals surface area (Å²) in [4.78, 5) is 7.10. The molecular formula is C51H37N3. The number of benzene rings is 8. The average Bonchev–Trinajstić information content (AvgIpc) is 3.57. The molecule has 0 N–H and O–H groups in total. The van der Waals surface area contributed by atoms with E-state index >= 15 is 0 Å². The van der Waals surface area contributed by atoms with E-state index in [9.17, 15) is 0 Å². The summed E-state index contributed by atoms with van der Waals surface area (Å²) in [7, 11) is 0. The van der Waals surface area contributed by atoms with Crippen molar-refractivity contribution in [2.24, 2.45) is 0 Å². The van der Waals surface area contributed by atoms with Gasteiger partial charge in [0.15, 0.2) is 0 Å². The summed E-state index contributed by atoms with van der Waals surface area (Å²) >= 11 is 0. The maximum Gasteiger partial charge on any atom is 0.0630 e. The molecule has 0 saturated carbocycles. The molecule has 0 spiro atoms. The lowest BCUT2D eigenvalue weighted by atomic mass is 9.97. The highest BCUT2D eigenvalue weighted by molar-refractivity contribution is 6.24. The molecule has 0 atom stereocenters. The number of pyridine rings is 1. The van der Waals surface area contributed by atoms with Crippen LogP contribution in [-0.4, -0.2) is 9.55 Å². The summed E-state index contributed by atoms with van der Waals surface area (Å²) in [5.74, 6) is 0. The van der Waals surface area contributed by atoms with Gasteiger partial charge < -0.3 is 9.47 Å². The van der Waals surface area contributed by atoms with Crippen LogP contribution in [0.5, 0.6) is 0 Å². The van der Waals surface area contributed by atoms with Gasteiger partial charge in [0.2, 0.25) is 0 Å². The van der Waals surface area contributed by atoms with Crippen molar-refractivity contribution >= 4 is 72.6 Å². The quantitative estimate of drug-likeness (QED) is 0.148. The Balaban J connectivity index is 0.873.